The van der Waals surface area contributed by atoms with E-state index in [9.17, 15) is 13.5 Å². The first kappa shape index (κ1) is 13.8. The number of aliphatic hydroxyl groups is 1. The van der Waals surface area contributed by atoms with Crippen LogP contribution in [0.25, 0.3) is 11.0 Å². The van der Waals surface area contributed by atoms with E-state index in [1.54, 1.807) is 18.3 Å². The Hall–Kier alpha value is -2.18. The molecule has 108 valence electrons. The second-order valence-corrected chi connectivity index (χ2v) is 6.93. The molecule has 0 amide bonds. The lowest BCUT2D eigenvalue weighted by molar-refractivity contribution is 0.216. The number of aliphatic hydroxyl groups excluding tert-OH is 1. The van der Waals surface area contributed by atoms with Gasteiger partial charge in [0.25, 0.3) is 0 Å². The van der Waals surface area contributed by atoms with Crippen molar-refractivity contribution in [2.24, 2.45) is 0 Å². The maximum atomic E-state index is 11.4. The van der Waals surface area contributed by atoms with Gasteiger partial charge < -0.3 is 10.1 Å². The summed E-state index contributed by atoms with van der Waals surface area (Å²) in [7, 11) is -3.23. The second kappa shape index (κ2) is 4.98. The van der Waals surface area contributed by atoms with Gasteiger partial charge in [0.1, 0.15) is 11.8 Å². The molecule has 0 aliphatic heterocycles. The van der Waals surface area contributed by atoms with E-state index >= 15 is 0 Å². The molecule has 1 unspecified atom stereocenters. The minimum atomic E-state index is -3.23. The van der Waals surface area contributed by atoms with Crippen molar-refractivity contribution >= 4 is 20.9 Å². The summed E-state index contributed by atoms with van der Waals surface area (Å²) in [6.45, 7) is 0. The molecule has 0 aliphatic carbocycles. The van der Waals surface area contributed by atoms with E-state index in [-0.39, 0.29) is 4.90 Å². The normalized spacial score (nSPS) is 13.4. The number of nitrogens with one attached hydrogen (secondary N) is 1. The van der Waals surface area contributed by atoms with Crippen molar-refractivity contribution in [1.29, 1.82) is 0 Å². The number of pyridine rings is 1. The highest BCUT2D eigenvalue weighted by molar-refractivity contribution is 7.90. The summed E-state index contributed by atoms with van der Waals surface area (Å²) in [6.07, 6.45) is 1.98. The van der Waals surface area contributed by atoms with Crippen molar-refractivity contribution < 1.29 is 13.5 Å². The van der Waals surface area contributed by atoms with Gasteiger partial charge in [-0.3, -0.25) is 0 Å². The summed E-state index contributed by atoms with van der Waals surface area (Å²) in [5.41, 5.74) is 1.95. The summed E-state index contributed by atoms with van der Waals surface area (Å²) in [6, 6.07) is 11.8. The lowest BCUT2D eigenvalue weighted by Gasteiger charge is -2.09. The number of benzene rings is 1. The van der Waals surface area contributed by atoms with E-state index in [2.05, 4.69) is 9.97 Å². The number of fused-ring (bicyclic) bond motifs is 1. The van der Waals surface area contributed by atoms with Gasteiger partial charge in [0.15, 0.2) is 9.84 Å². The highest BCUT2D eigenvalue weighted by Gasteiger charge is 2.15. The van der Waals surface area contributed by atoms with Gasteiger partial charge in [-0.05, 0) is 35.9 Å². The Labute approximate surface area is 122 Å². The molecule has 1 atom stereocenters. The third-order valence-corrected chi connectivity index (χ3v) is 4.46. The summed E-state index contributed by atoms with van der Waals surface area (Å²) in [4.78, 5) is 7.47. The molecule has 3 rings (SSSR count). The number of aromatic nitrogens is 2. The Morgan fingerprint density at radius 1 is 1.19 bits per heavy atom. The predicted octanol–water partition coefficient (Wildman–Crippen LogP) is 2.05. The van der Waals surface area contributed by atoms with Gasteiger partial charge in [0, 0.05) is 17.8 Å². The Kier molecular flexibility index (Phi) is 3.27. The highest BCUT2D eigenvalue weighted by atomic mass is 32.2. The first-order valence-electron chi connectivity index (χ1n) is 6.37. The van der Waals surface area contributed by atoms with Gasteiger partial charge in [-0.2, -0.15) is 0 Å². The van der Waals surface area contributed by atoms with E-state index in [1.807, 2.05) is 18.2 Å². The molecule has 2 N–H and O–H groups in total. The lowest BCUT2D eigenvalue weighted by Crippen LogP contribution is -2.02. The fourth-order valence-electron chi connectivity index (χ4n) is 2.20. The Bertz CT molecular complexity index is 850. The van der Waals surface area contributed by atoms with Crippen LogP contribution < -0.4 is 0 Å². The fraction of sp³-hybridized carbons (Fsp3) is 0.133. The number of aromatic amines is 1. The number of nitrogens with zero attached hydrogens (tertiary/aromatic N) is 1. The van der Waals surface area contributed by atoms with Crippen LogP contribution in [0.3, 0.4) is 0 Å². The quantitative estimate of drug-likeness (QED) is 0.775. The van der Waals surface area contributed by atoms with Crippen molar-refractivity contribution in [3.8, 4) is 0 Å². The minimum absolute atomic E-state index is 0.233. The monoisotopic (exact) mass is 302 g/mol. The van der Waals surface area contributed by atoms with Gasteiger partial charge in [0.05, 0.1) is 10.6 Å². The van der Waals surface area contributed by atoms with Crippen LogP contribution in [0.1, 0.15) is 17.4 Å². The minimum Gasteiger partial charge on any atom is -0.382 e. The highest BCUT2D eigenvalue weighted by Crippen LogP contribution is 2.25. The third-order valence-electron chi connectivity index (χ3n) is 3.33. The zero-order valence-electron chi connectivity index (χ0n) is 11.3. The molecule has 0 fully saturated rings. The number of hydrogen-bond donors (Lipinski definition) is 2. The molecular formula is C15H14N2O3S. The average molecular weight is 302 g/mol. The zero-order chi connectivity index (χ0) is 15.0. The van der Waals surface area contributed by atoms with Crippen LogP contribution in [0.15, 0.2) is 53.6 Å². The van der Waals surface area contributed by atoms with E-state index < -0.39 is 15.9 Å². The van der Waals surface area contributed by atoms with E-state index in [1.165, 1.54) is 12.1 Å². The predicted molar refractivity (Wildman–Crippen MR) is 79.7 cm³/mol. The topological polar surface area (TPSA) is 83.1 Å². The molecule has 0 aliphatic rings. The summed E-state index contributed by atoms with van der Waals surface area (Å²) >= 11 is 0. The smallest absolute Gasteiger partial charge is 0.175 e. The molecular weight excluding hydrogens is 288 g/mol. The molecule has 1 aromatic carbocycles. The SMILES string of the molecule is CS(=O)(=O)c1ccc(C(O)c2cc3cccnc3[nH]2)cc1. The average Bonchev–Trinajstić information content (AvgIpc) is 2.89. The van der Waals surface area contributed by atoms with E-state index in [0.717, 1.165) is 11.6 Å². The van der Waals surface area contributed by atoms with Gasteiger partial charge in [-0.25, -0.2) is 13.4 Å². The van der Waals surface area contributed by atoms with Crippen LogP contribution in [0.4, 0.5) is 0 Å². The molecule has 5 nitrogen and oxygen atoms in total. The van der Waals surface area contributed by atoms with Crippen LogP contribution in [-0.2, 0) is 9.84 Å². The van der Waals surface area contributed by atoms with Gasteiger partial charge >= 0.3 is 0 Å². The summed E-state index contributed by atoms with van der Waals surface area (Å²) in [5, 5.41) is 11.3. The second-order valence-electron chi connectivity index (χ2n) is 4.91. The molecule has 0 spiro atoms. The fourth-order valence-corrected chi connectivity index (χ4v) is 2.83. The van der Waals surface area contributed by atoms with Crippen molar-refractivity contribution in [3.63, 3.8) is 0 Å². The summed E-state index contributed by atoms with van der Waals surface area (Å²) < 4.78 is 22.8. The van der Waals surface area contributed by atoms with Crippen molar-refractivity contribution in [2.45, 2.75) is 11.0 Å². The van der Waals surface area contributed by atoms with Crippen LogP contribution in [0, 0.1) is 0 Å². The third kappa shape index (κ3) is 2.68. The van der Waals surface area contributed by atoms with Crippen LogP contribution in [0.2, 0.25) is 0 Å². The molecule has 0 bridgehead atoms. The molecule has 0 radical (unpaired) electrons. The Balaban J connectivity index is 1.96. The Morgan fingerprint density at radius 2 is 1.90 bits per heavy atom. The van der Waals surface area contributed by atoms with E-state index in [0.29, 0.717) is 16.9 Å². The van der Waals surface area contributed by atoms with Crippen LogP contribution >= 0.6 is 0 Å². The maximum absolute atomic E-state index is 11.4. The van der Waals surface area contributed by atoms with Crippen LogP contribution in [-0.4, -0.2) is 29.7 Å². The van der Waals surface area contributed by atoms with Crippen molar-refractivity contribution in [2.75, 3.05) is 6.26 Å². The number of sulfone groups is 1. The maximum Gasteiger partial charge on any atom is 0.175 e. The molecule has 2 heterocycles. The molecule has 2 aromatic heterocycles. The van der Waals surface area contributed by atoms with Gasteiger partial charge in [-0.1, -0.05) is 12.1 Å². The molecule has 0 saturated carbocycles. The number of hydrogen-bond acceptors (Lipinski definition) is 4. The van der Waals surface area contributed by atoms with Gasteiger partial charge in [0.2, 0.25) is 0 Å². The molecule has 0 saturated heterocycles. The van der Waals surface area contributed by atoms with Crippen molar-refractivity contribution in [1.82, 2.24) is 9.97 Å². The van der Waals surface area contributed by atoms with E-state index in [4.69, 9.17) is 0 Å². The largest absolute Gasteiger partial charge is 0.382 e. The molecule has 3 aromatic rings. The van der Waals surface area contributed by atoms with Gasteiger partial charge in [-0.15, -0.1) is 0 Å². The standard InChI is InChI=1S/C15H14N2O3S/c1-21(19,20)12-6-4-10(5-7-12)14(18)13-9-11-3-2-8-16-15(11)17-13/h2-9,14,18H,1H3,(H,16,17). The van der Waals surface area contributed by atoms with Crippen LogP contribution in [0.5, 0.6) is 0 Å². The first-order valence-corrected chi connectivity index (χ1v) is 8.26. The number of H-pyrrole nitrogens is 1. The summed E-state index contributed by atoms with van der Waals surface area (Å²) in [5.74, 6) is 0. The lowest BCUT2D eigenvalue weighted by atomic mass is 10.1. The van der Waals surface area contributed by atoms with Crippen molar-refractivity contribution in [3.05, 3.63) is 59.9 Å². The Morgan fingerprint density at radius 3 is 2.52 bits per heavy atom. The number of rotatable bonds is 3. The first-order chi connectivity index (χ1) is 9.95. The molecule has 6 heteroatoms. The molecule has 21 heavy (non-hydrogen) atoms. The zero-order valence-corrected chi connectivity index (χ0v) is 12.1.